The summed E-state index contributed by atoms with van der Waals surface area (Å²) in [5, 5.41) is 0. The SMILES string of the molecule is C=S(C)(=O)NC[C@@H]1CCC[C@@]2(S(=O)(=O)c3ccc(C(F)(F)F)cc3)c3c(F)ccc(F)c3OC[C@@H]12.CC[C@@H]1CCC[C@@]2(S(=O)(=O)c3ccc(C(F)(F)F)cc3)c3c(F)ccc(F)c3OC[C@@H]12.CC[C@@H]1CCC[C@@]2(S(=O)(=O)c3ccc(C(F)(F)F)cc3)c3c(F)ccc(F)c3OC[C@@H]12.COC(=O)[C@@H]1CCC[C@@]2(S(=O)(=O)c3ccc(C(F)(F)F)cc3)c3c(F)ccc(F)c3OC[C@@H]12. The van der Waals surface area contributed by atoms with Gasteiger partial charge in [0.15, 0.2) is 85.6 Å². The maximum atomic E-state index is 15.3. The predicted molar refractivity (Wildman–Crippen MR) is 434 cm³/mol. The average Bonchev–Trinajstić information content (AvgIpc) is 0.710. The minimum absolute atomic E-state index is 0.0360. The van der Waals surface area contributed by atoms with E-state index in [4.69, 9.17) is 23.7 Å². The number of carbonyl (C=O) groups is 1. The molecule has 8 aliphatic rings. The van der Waals surface area contributed by atoms with Crippen molar-refractivity contribution in [1.29, 1.82) is 0 Å². The summed E-state index contributed by atoms with van der Waals surface area (Å²) in [4.78, 5) is 10.9. The number of halogens is 20. The second kappa shape index (κ2) is 36.0. The number of benzene rings is 8. The fourth-order valence-corrected chi connectivity index (χ4v) is 31.0. The molecule has 4 saturated carbocycles. The molecule has 8 aromatic carbocycles. The molecule has 16 nitrogen and oxygen atoms in total. The van der Waals surface area contributed by atoms with Crippen molar-refractivity contribution in [3.63, 3.8) is 0 Å². The molecule has 13 atom stereocenters. The summed E-state index contributed by atoms with van der Waals surface area (Å²) < 4.78 is 421. The van der Waals surface area contributed by atoms with Gasteiger partial charge in [0, 0.05) is 46.2 Å². The van der Waals surface area contributed by atoms with E-state index in [0.717, 1.165) is 104 Å². The molecule has 4 aliphatic heterocycles. The number of esters is 1. The predicted octanol–water partition coefficient (Wildman–Crippen LogP) is 20.7. The number of ether oxygens (including phenoxy) is 5. The quantitative estimate of drug-likeness (QED) is 0.0606. The van der Waals surface area contributed by atoms with Crippen LogP contribution < -0.4 is 23.7 Å². The van der Waals surface area contributed by atoms with E-state index in [0.29, 0.717) is 99.9 Å². The molecule has 1 N–H and O–H groups in total. The zero-order chi connectivity index (χ0) is 95.2. The Morgan fingerprint density at radius 3 is 0.823 bits per heavy atom. The van der Waals surface area contributed by atoms with Crippen LogP contribution in [0.5, 0.6) is 23.0 Å². The molecule has 4 fully saturated rings. The molecular weight excluding hydrogens is 1860 g/mol. The maximum absolute atomic E-state index is 15.3. The molecule has 0 radical (unpaired) electrons. The Bertz CT molecular complexity index is 6050. The summed E-state index contributed by atoms with van der Waals surface area (Å²) in [6.07, 6.45) is -12.7. The van der Waals surface area contributed by atoms with Gasteiger partial charge in [-0.15, -0.1) is 0 Å². The Kier molecular flexibility index (Phi) is 27.2. The van der Waals surface area contributed by atoms with Gasteiger partial charge in [-0.3, -0.25) is 9.00 Å². The van der Waals surface area contributed by atoms with Gasteiger partial charge in [0.25, 0.3) is 0 Å². The van der Waals surface area contributed by atoms with E-state index < -0.39 is 254 Å². The molecule has 41 heteroatoms. The lowest BCUT2D eigenvalue weighted by atomic mass is 9.66. The molecule has 4 heterocycles. The molecule has 4 aliphatic carbocycles. The number of hydrogen-bond acceptors (Lipinski definition) is 15. The third-order valence-electron chi connectivity index (χ3n) is 26.7. The average molecular weight is 1950 g/mol. The van der Waals surface area contributed by atoms with E-state index in [1.54, 1.807) is 0 Å². The van der Waals surface area contributed by atoms with Crippen molar-refractivity contribution in [3.8, 4) is 23.0 Å². The summed E-state index contributed by atoms with van der Waals surface area (Å²) in [6, 6.07) is 18.9. The third kappa shape index (κ3) is 17.1. The van der Waals surface area contributed by atoms with Crippen LogP contribution in [0.15, 0.2) is 165 Å². The fourth-order valence-electron chi connectivity index (χ4n) is 20.7. The molecule has 0 spiro atoms. The topological polar surface area (TPSA) is 229 Å². The lowest BCUT2D eigenvalue weighted by Gasteiger charge is -2.50. The molecule has 8 aromatic rings. The van der Waals surface area contributed by atoms with E-state index in [2.05, 4.69) is 10.6 Å². The van der Waals surface area contributed by atoms with Crippen LogP contribution >= 0.6 is 0 Å². The van der Waals surface area contributed by atoms with E-state index in [9.17, 15) is 113 Å². The van der Waals surface area contributed by atoms with E-state index in [1.165, 1.54) is 6.26 Å². The van der Waals surface area contributed by atoms with Gasteiger partial charge in [0.2, 0.25) is 0 Å². The van der Waals surface area contributed by atoms with Gasteiger partial charge in [-0.25, -0.2) is 73.5 Å². The molecule has 0 aromatic heterocycles. The van der Waals surface area contributed by atoms with Crippen molar-refractivity contribution in [2.24, 2.45) is 47.3 Å². The van der Waals surface area contributed by atoms with Gasteiger partial charge in [-0.2, -0.15) is 52.7 Å². The zero-order valence-corrected chi connectivity index (χ0v) is 73.4. The molecule has 0 bridgehead atoms. The first-order chi connectivity index (χ1) is 60.7. The fraction of sp³-hybridized carbons (Fsp3) is 0.438. The largest absolute Gasteiger partial charge is 0.490 e. The van der Waals surface area contributed by atoms with Crippen LogP contribution in [0.3, 0.4) is 0 Å². The van der Waals surface area contributed by atoms with Crippen LogP contribution in [0, 0.1) is 93.9 Å². The first-order valence-electron chi connectivity index (χ1n) is 41.0. The Labute approximate surface area is 736 Å². The standard InChI is InChI=1S/C23H24F5NO4S2.C22H19F5O5S.2C22H21F5O3S/c1-34(2,30)29-12-14-4-3-11-22(17(14)13-33-21-19(25)10-9-18(24)20(21)22)35(31,32)16-7-5-15(6-8-16)23(26,27)28;1-31-20(28)14-3-2-10-21(15(14)11-32-19-17(24)9-8-16(23)18(19)21)33(29,30)13-6-4-12(5-7-13)22(25,26)27;2*1-2-13-4-3-11-21(16(13)12-30-20-18(24)10-9-17(23)19(20)21)31(28,29)15-7-5-14(6-8-15)22(25,26)27/h5-10,14,17H,1,3-4,11-13H2,2H3,(H,29,30);4-9,14-15H,2-3,10-11H2,1H3;2*5-10,13,16H,2-4,11-12H2,1H3/t14-,17-,22-,34?;14-,15+,21+;2*13-,16+,21+/m0111/s1. The molecular formula is C89H85F20NO15S5. The number of hydrogen-bond donors (Lipinski definition) is 1. The Hall–Kier alpha value is -9.19. The van der Waals surface area contributed by atoms with Gasteiger partial charge in [-0.05, 0) is 221 Å². The second-order valence-electron chi connectivity index (χ2n) is 33.4. The highest BCUT2D eigenvalue weighted by atomic mass is 32.2. The lowest BCUT2D eigenvalue weighted by Crippen LogP contribution is -2.55. The summed E-state index contributed by atoms with van der Waals surface area (Å²) in [6.45, 7) is 2.99. The number of alkyl halides is 12. The van der Waals surface area contributed by atoms with Crippen LogP contribution in [-0.4, -0.2) is 96.1 Å². The van der Waals surface area contributed by atoms with Crippen molar-refractivity contribution in [3.05, 3.63) is 237 Å². The highest BCUT2D eigenvalue weighted by molar-refractivity contribution is 7.97. The number of nitrogens with one attached hydrogen (secondary N) is 1. The van der Waals surface area contributed by atoms with Crippen LogP contribution in [0.4, 0.5) is 87.8 Å². The second-order valence-corrected chi connectivity index (χ2v) is 44.5. The van der Waals surface area contributed by atoms with Gasteiger partial charge in [0.05, 0.1) is 104 Å². The van der Waals surface area contributed by atoms with Crippen molar-refractivity contribution in [2.45, 2.75) is 167 Å². The molecule has 1 unspecified atom stereocenters. The minimum atomic E-state index is -4.69. The first kappa shape index (κ1) is 98.3. The molecule has 0 saturated heterocycles. The molecule has 706 valence electrons. The zero-order valence-electron chi connectivity index (χ0n) is 69.3. The smallest absolute Gasteiger partial charge is 0.416 e. The summed E-state index contributed by atoms with van der Waals surface area (Å²) >= 11 is 0. The van der Waals surface area contributed by atoms with Crippen molar-refractivity contribution in [2.75, 3.05) is 46.3 Å². The molecule has 130 heavy (non-hydrogen) atoms. The van der Waals surface area contributed by atoms with Crippen LogP contribution in [0.25, 0.3) is 0 Å². The van der Waals surface area contributed by atoms with Gasteiger partial charge < -0.3 is 23.7 Å². The minimum Gasteiger partial charge on any atom is -0.490 e. The van der Waals surface area contributed by atoms with Crippen molar-refractivity contribution >= 4 is 60.9 Å². The molecule has 0 amide bonds. The maximum Gasteiger partial charge on any atom is 0.416 e. The Balaban J connectivity index is 0.000000148. The summed E-state index contributed by atoms with van der Waals surface area (Å²) in [5.74, 6) is -11.6. The lowest BCUT2D eigenvalue weighted by molar-refractivity contribution is -0.150. The Morgan fingerprint density at radius 2 is 0.585 bits per heavy atom. The van der Waals surface area contributed by atoms with Gasteiger partial charge >= 0.3 is 30.7 Å². The number of methoxy groups -OCH3 is 1. The summed E-state index contributed by atoms with van der Waals surface area (Å²) in [5.41, 5.74) is -5.76. The summed E-state index contributed by atoms with van der Waals surface area (Å²) in [7, 11) is -19.5. The number of rotatable bonds is 14. The number of carbonyl (C=O) groups excluding carboxylic acids is 1. The van der Waals surface area contributed by atoms with Crippen molar-refractivity contribution in [1.82, 2.24) is 4.72 Å². The highest BCUT2D eigenvalue weighted by Gasteiger charge is 2.66. The highest BCUT2D eigenvalue weighted by Crippen LogP contribution is 2.64. The normalized spacial score (nSPS) is 25.8. The number of fused-ring (bicyclic) bond motifs is 12. The van der Waals surface area contributed by atoms with Crippen LogP contribution in [0.2, 0.25) is 0 Å². The van der Waals surface area contributed by atoms with E-state index in [1.807, 2.05) is 13.8 Å². The van der Waals surface area contributed by atoms with Crippen molar-refractivity contribution < 1.29 is 154 Å². The van der Waals surface area contributed by atoms with E-state index in [-0.39, 0.29) is 97.6 Å². The van der Waals surface area contributed by atoms with Crippen LogP contribution in [0.1, 0.15) is 148 Å². The third-order valence-corrected chi connectivity index (χ3v) is 37.7. The monoisotopic (exact) mass is 1950 g/mol. The van der Waals surface area contributed by atoms with Gasteiger partial charge in [0.1, 0.15) is 42.3 Å². The first-order valence-corrected chi connectivity index (χ1v) is 49.0. The van der Waals surface area contributed by atoms with Gasteiger partial charge in [-0.1, -0.05) is 52.4 Å². The number of sulfone groups is 4. The molecule has 16 rings (SSSR count). The van der Waals surface area contributed by atoms with Crippen LogP contribution in [-0.2, 0) is 102 Å². The van der Waals surface area contributed by atoms with E-state index >= 15 is 17.6 Å². The Morgan fingerprint density at radius 1 is 0.362 bits per heavy atom.